The molecule has 8 heteroatoms. The van der Waals surface area contributed by atoms with E-state index in [9.17, 15) is 4.79 Å². The molecule has 3 heterocycles. The van der Waals surface area contributed by atoms with E-state index in [-0.39, 0.29) is 11.8 Å². The zero-order chi connectivity index (χ0) is 24.4. The van der Waals surface area contributed by atoms with Crippen LogP contribution < -0.4 is 10.2 Å². The maximum atomic E-state index is 13.0. The first-order valence-corrected chi connectivity index (χ1v) is 12.4. The van der Waals surface area contributed by atoms with Crippen LogP contribution in [0.15, 0.2) is 54.6 Å². The lowest BCUT2D eigenvalue weighted by atomic mass is 9.97. The minimum Gasteiger partial charge on any atom is -0.355 e. The second-order valence-corrected chi connectivity index (χ2v) is 9.55. The predicted octanol–water partition coefficient (Wildman–Crippen LogP) is 4.66. The molecule has 0 radical (unpaired) electrons. The van der Waals surface area contributed by atoms with Gasteiger partial charge >= 0.3 is 0 Å². The van der Waals surface area contributed by atoms with Crippen molar-refractivity contribution in [2.45, 2.75) is 33.1 Å². The fourth-order valence-electron chi connectivity index (χ4n) is 4.85. The Morgan fingerprint density at radius 1 is 1.09 bits per heavy atom. The average Bonchev–Trinajstić information content (AvgIpc) is 3.24. The van der Waals surface area contributed by atoms with E-state index in [1.165, 1.54) is 0 Å². The van der Waals surface area contributed by atoms with Crippen LogP contribution in [0.25, 0.3) is 16.6 Å². The minimum atomic E-state index is -0.0931. The molecule has 1 saturated heterocycles. The van der Waals surface area contributed by atoms with E-state index in [1.54, 1.807) is 0 Å². The van der Waals surface area contributed by atoms with Crippen molar-refractivity contribution in [3.8, 4) is 5.69 Å². The van der Waals surface area contributed by atoms with Gasteiger partial charge in [-0.25, -0.2) is 4.68 Å². The number of carbonyl (C=O) groups excluding carboxylic acids is 1. The van der Waals surface area contributed by atoms with Crippen LogP contribution in [0.1, 0.15) is 29.8 Å². The third-order valence-corrected chi connectivity index (χ3v) is 6.96. The first-order chi connectivity index (χ1) is 17.0. The number of para-hydroxylation sites is 1. The Morgan fingerprint density at radius 3 is 2.63 bits per heavy atom. The van der Waals surface area contributed by atoms with Crippen LogP contribution in [0.3, 0.4) is 0 Å². The van der Waals surface area contributed by atoms with Gasteiger partial charge < -0.3 is 10.2 Å². The number of fused-ring (bicyclic) bond motifs is 1. The summed E-state index contributed by atoms with van der Waals surface area (Å²) in [5.74, 6) is 0.748. The topological polar surface area (TPSA) is 75.9 Å². The van der Waals surface area contributed by atoms with E-state index in [0.717, 1.165) is 70.2 Å². The number of nitrogens with one attached hydrogen (secondary N) is 1. The molecule has 1 fully saturated rings. The van der Waals surface area contributed by atoms with Crippen molar-refractivity contribution in [2.75, 3.05) is 24.5 Å². The number of nitrogens with zero attached hydrogens (tertiary/aromatic N) is 5. The molecule has 1 aliphatic heterocycles. The van der Waals surface area contributed by atoms with Gasteiger partial charge in [0.15, 0.2) is 5.82 Å². The van der Waals surface area contributed by atoms with Crippen LogP contribution >= 0.6 is 11.6 Å². The number of anilines is 1. The Kier molecular flexibility index (Phi) is 6.68. The summed E-state index contributed by atoms with van der Waals surface area (Å²) >= 11 is 5.96. The van der Waals surface area contributed by atoms with Gasteiger partial charge in [-0.3, -0.25) is 4.79 Å². The molecule has 0 spiro atoms. The van der Waals surface area contributed by atoms with Crippen LogP contribution in [0.5, 0.6) is 0 Å². The van der Waals surface area contributed by atoms with Gasteiger partial charge in [0.05, 0.1) is 28.4 Å². The maximum Gasteiger partial charge on any atom is 0.224 e. The maximum absolute atomic E-state index is 13.0. The zero-order valence-corrected chi connectivity index (χ0v) is 20.8. The van der Waals surface area contributed by atoms with Crippen molar-refractivity contribution in [2.24, 2.45) is 5.92 Å². The third kappa shape index (κ3) is 4.86. The van der Waals surface area contributed by atoms with Crippen molar-refractivity contribution >= 4 is 34.2 Å². The second-order valence-electron chi connectivity index (χ2n) is 9.12. The Bertz CT molecular complexity index is 1340. The van der Waals surface area contributed by atoms with Gasteiger partial charge in [0.2, 0.25) is 5.91 Å². The minimum absolute atomic E-state index is 0.0889. The first-order valence-electron chi connectivity index (χ1n) is 12.1. The van der Waals surface area contributed by atoms with E-state index < -0.39 is 0 Å². The van der Waals surface area contributed by atoms with Crippen molar-refractivity contribution in [1.29, 1.82) is 0 Å². The molecule has 1 aliphatic rings. The van der Waals surface area contributed by atoms with Crippen LogP contribution in [-0.2, 0) is 11.2 Å². The van der Waals surface area contributed by atoms with Crippen molar-refractivity contribution < 1.29 is 4.79 Å². The van der Waals surface area contributed by atoms with Gasteiger partial charge in [-0.2, -0.15) is 10.2 Å². The SMILES string of the molecule is Cc1nnc(N2CCC[C@H](C(=O)NCCc3ccc(Cl)cc3)C2)c2nn(-c3ccccc3)c(C)c12. The summed E-state index contributed by atoms with van der Waals surface area (Å²) in [7, 11) is 0. The Hall–Kier alpha value is -3.45. The fourth-order valence-corrected chi connectivity index (χ4v) is 4.98. The van der Waals surface area contributed by atoms with E-state index >= 15 is 0 Å². The normalized spacial score (nSPS) is 16.0. The first kappa shape index (κ1) is 23.3. The molecule has 5 rings (SSSR count). The fraction of sp³-hybridized carbons (Fsp3) is 0.333. The zero-order valence-electron chi connectivity index (χ0n) is 20.0. The number of rotatable bonds is 6. The molecule has 2 aromatic carbocycles. The monoisotopic (exact) mass is 488 g/mol. The lowest BCUT2D eigenvalue weighted by Gasteiger charge is -2.32. The molecule has 4 aromatic rings. The lowest BCUT2D eigenvalue weighted by molar-refractivity contribution is -0.125. The number of aryl methyl sites for hydroxylation is 2. The van der Waals surface area contributed by atoms with Crippen LogP contribution in [0.4, 0.5) is 5.82 Å². The quantitative estimate of drug-likeness (QED) is 0.427. The number of piperidine rings is 1. The van der Waals surface area contributed by atoms with E-state index in [2.05, 4.69) is 27.3 Å². The number of hydrogen-bond acceptors (Lipinski definition) is 5. The molecular formula is C27H29ClN6O. The molecule has 7 nitrogen and oxygen atoms in total. The smallest absolute Gasteiger partial charge is 0.224 e. The highest BCUT2D eigenvalue weighted by atomic mass is 35.5. The number of amides is 1. The van der Waals surface area contributed by atoms with Crippen molar-refractivity contribution in [1.82, 2.24) is 25.3 Å². The molecule has 0 bridgehead atoms. The van der Waals surface area contributed by atoms with Gasteiger partial charge in [-0.15, -0.1) is 5.10 Å². The molecule has 1 amide bonds. The molecule has 0 saturated carbocycles. The molecule has 0 unspecified atom stereocenters. The number of benzene rings is 2. The summed E-state index contributed by atoms with van der Waals surface area (Å²) in [6.07, 6.45) is 2.56. The van der Waals surface area contributed by atoms with Crippen molar-refractivity contribution in [3.63, 3.8) is 0 Å². The van der Waals surface area contributed by atoms with Crippen molar-refractivity contribution in [3.05, 3.63) is 76.6 Å². The van der Waals surface area contributed by atoms with E-state index in [0.29, 0.717) is 13.1 Å². The van der Waals surface area contributed by atoms with Gasteiger partial charge in [0, 0.05) is 24.7 Å². The largest absolute Gasteiger partial charge is 0.355 e. The number of hydrogen-bond donors (Lipinski definition) is 1. The van der Waals surface area contributed by atoms with Gasteiger partial charge in [-0.05, 0) is 62.9 Å². The summed E-state index contributed by atoms with van der Waals surface area (Å²) in [5, 5.41) is 18.8. The molecule has 1 N–H and O–H groups in total. The highest BCUT2D eigenvalue weighted by Gasteiger charge is 2.29. The highest BCUT2D eigenvalue weighted by molar-refractivity contribution is 6.30. The van der Waals surface area contributed by atoms with Gasteiger partial charge in [0.1, 0.15) is 5.52 Å². The molecule has 2 aromatic heterocycles. The van der Waals surface area contributed by atoms with E-state index in [4.69, 9.17) is 16.7 Å². The van der Waals surface area contributed by atoms with Crippen LogP contribution in [0.2, 0.25) is 5.02 Å². The number of halogens is 1. The molecule has 35 heavy (non-hydrogen) atoms. The molecular weight excluding hydrogens is 460 g/mol. The number of carbonyl (C=O) groups is 1. The summed E-state index contributed by atoms with van der Waals surface area (Å²) in [6, 6.07) is 17.8. The summed E-state index contributed by atoms with van der Waals surface area (Å²) in [4.78, 5) is 15.1. The number of aromatic nitrogens is 4. The summed E-state index contributed by atoms with van der Waals surface area (Å²) in [5.41, 5.74) is 4.89. The molecule has 180 valence electrons. The average molecular weight is 489 g/mol. The molecule has 1 atom stereocenters. The lowest BCUT2D eigenvalue weighted by Crippen LogP contribution is -2.44. The third-order valence-electron chi connectivity index (χ3n) is 6.70. The van der Waals surface area contributed by atoms with Crippen LogP contribution in [-0.4, -0.2) is 45.5 Å². The highest BCUT2D eigenvalue weighted by Crippen LogP contribution is 2.31. The van der Waals surface area contributed by atoms with Crippen LogP contribution in [0, 0.1) is 19.8 Å². The van der Waals surface area contributed by atoms with E-state index in [1.807, 2.05) is 66.2 Å². The van der Waals surface area contributed by atoms with Gasteiger partial charge in [-0.1, -0.05) is 41.9 Å². The predicted molar refractivity (Wildman–Crippen MR) is 139 cm³/mol. The Morgan fingerprint density at radius 2 is 1.86 bits per heavy atom. The summed E-state index contributed by atoms with van der Waals surface area (Å²) in [6.45, 7) is 6.08. The standard InChI is InChI=1S/C27H29ClN6O/c1-18-24-19(2)34(23-8-4-3-5-9-23)32-25(24)26(31-30-18)33-16-6-7-21(17-33)27(35)29-15-14-20-10-12-22(28)13-11-20/h3-5,8-13,21H,6-7,14-17H2,1-2H3,(H,29,35)/t21-/m0/s1. The van der Waals surface area contributed by atoms with Gasteiger partial charge in [0.25, 0.3) is 0 Å². The second kappa shape index (κ2) is 10.0. The molecule has 0 aliphatic carbocycles. The Labute approximate surface area is 210 Å². The summed E-state index contributed by atoms with van der Waals surface area (Å²) < 4.78 is 1.95. The Balaban J connectivity index is 1.33.